The van der Waals surface area contributed by atoms with Crippen LogP contribution in [0, 0.1) is 0 Å². The minimum atomic E-state index is -0.839. The number of carbonyl (C=O) groups excluding carboxylic acids is 2. The predicted octanol–water partition coefficient (Wildman–Crippen LogP) is 1.16. The highest BCUT2D eigenvalue weighted by atomic mass is 16.5. The second-order valence-corrected chi connectivity index (χ2v) is 7.26. The van der Waals surface area contributed by atoms with Gasteiger partial charge in [-0.25, -0.2) is 9.97 Å². The van der Waals surface area contributed by atoms with E-state index >= 15 is 0 Å². The van der Waals surface area contributed by atoms with Gasteiger partial charge in [-0.3, -0.25) is 14.3 Å². The van der Waals surface area contributed by atoms with E-state index in [1.807, 2.05) is 0 Å². The van der Waals surface area contributed by atoms with Crippen LogP contribution >= 0.6 is 0 Å². The fourth-order valence-electron chi connectivity index (χ4n) is 2.80. The van der Waals surface area contributed by atoms with E-state index in [0.29, 0.717) is 11.6 Å². The molecule has 0 fully saturated rings. The zero-order chi connectivity index (χ0) is 24.9. The molecule has 0 saturated heterocycles. The number of aryl methyl sites for hydroxylation is 1. The Labute approximate surface area is 197 Å². The van der Waals surface area contributed by atoms with Crippen LogP contribution in [0.15, 0.2) is 47.4 Å². The van der Waals surface area contributed by atoms with Gasteiger partial charge in [0, 0.05) is 30.9 Å². The van der Waals surface area contributed by atoms with Crippen LogP contribution in [0.3, 0.4) is 0 Å². The average Bonchev–Trinajstić information content (AvgIpc) is 3.49. The first-order valence-electron chi connectivity index (χ1n) is 10.2. The lowest BCUT2D eigenvalue weighted by Crippen LogP contribution is -2.17. The van der Waals surface area contributed by atoms with Crippen LogP contribution in [0.4, 0.5) is 5.82 Å². The van der Waals surface area contributed by atoms with Gasteiger partial charge >= 0.3 is 0 Å². The minimum absolute atomic E-state index is 0.0419. The molecule has 14 heteroatoms. The second kappa shape index (κ2) is 9.96. The summed E-state index contributed by atoms with van der Waals surface area (Å²) in [5, 5.41) is 19.6. The van der Waals surface area contributed by atoms with Gasteiger partial charge in [0.15, 0.2) is 5.82 Å². The third-order valence-electron chi connectivity index (χ3n) is 4.41. The van der Waals surface area contributed by atoms with Crippen molar-refractivity contribution in [2.45, 2.75) is 13.0 Å². The quantitative estimate of drug-likeness (QED) is 0.311. The van der Waals surface area contributed by atoms with Gasteiger partial charge in [-0.2, -0.15) is 10.1 Å². The largest absolute Gasteiger partial charge is 0.488 e. The van der Waals surface area contributed by atoms with Crippen LogP contribution in [-0.2, 0) is 7.05 Å². The Morgan fingerprint density at radius 1 is 1.23 bits per heavy atom. The molecule has 0 unspecified atom stereocenters. The molecule has 180 valence electrons. The van der Waals surface area contributed by atoms with E-state index < -0.39 is 17.9 Å². The molecule has 0 aliphatic heterocycles. The lowest BCUT2D eigenvalue weighted by atomic mass is 10.2. The number of nitrogens with two attached hydrogens (primary N) is 1. The van der Waals surface area contributed by atoms with E-state index in [1.54, 1.807) is 30.9 Å². The summed E-state index contributed by atoms with van der Waals surface area (Å²) in [6.45, 7) is 1.45. The molecule has 0 radical (unpaired) electrons. The molecule has 14 nitrogen and oxygen atoms in total. The van der Waals surface area contributed by atoms with Crippen LogP contribution in [0.5, 0.6) is 17.4 Å². The summed E-state index contributed by atoms with van der Waals surface area (Å²) < 4.78 is 17.9. The second-order valence-electron chi connectivity index (χ2n) is 7.26. The van der Waals surface area contributed by atoms with Gasteiger partial charge in [0.05, 0.1) is 19.0 Å². The summed E-state index contributed by atoms with van der Waals surface area (Å²) in [6.07, 6.45) is 3.77. The molecule has 1 atom stereocenters. The van der Waals surface area contributed by atoms with Crippen LogP contribution in [-0.4, -0.2) is 59.5 Å². The number of rotatable bonds is 9. The highest BCUT2D eigenvalue weighted by molar-refractivity contribution is 6.04. The Kier molecular flexibility index (Phi) is 6.64. The molecule has 0 bridgehead atoms. The van der Waals surface area contributed by atoms with Crippen molar-refractivity contribution < 1.29 is 28.7 Å². The standard InChI is InChI=1S/C21H20N8O6/c1-11(10-30)33-13-5-12(20(32)25-16-3-4-29(2)27-16)6-14(7-13)34-17-9-23-15(8-24-17)21-26-19(18(22)31)28-35-21/h3-9,11,30H,10H2,1-2H3,(H2,22,31)(H,25,27,32)/t11-/m0/s1. The number of anilines is 1. The number of primary amides is 1. The predicted molar refractivity (Wildman–Crippen MR) is 119 cm³/mol. The van der Waals surface area contributed by atoms with Gasteiger partial charge in [-0.05, 0) is 19.1 Å². The number of aliphatic hydroxyl groups excluding tert-OH is 1. The maximum Gasteiger partial charge on any atom is 0.290 e. The number of aliphatic hydroxyl groups is 1. The Bertz CT molecular complexity index is 1350. The molecular weight excluding hydrogens is 460 g/mol. The van der Waals surface area contributed by atoms with Gasteiger partial charge in [-0.1, -0.05) is 5.16 Å². The number of benzene rings is 1. The number of aromatic nitrogens is 6. The Morgan fingerprint density at radius 3 is 2.66 bits per heavy atom. The number of hydrogen-bond donors (Lipinski definition) is 3. The summed E-state index contributed by atoms with van der Waals surface area (Å²) in [4.78, 5) is 36.0. The van der Waals surface area contributed by atoms with E-state index in [-0.39, 0.29) is 41.2 Å². The van der Waals surface area contributed by atoms with Gasteiger partial charge in [0.1, 0.15) is 23.3 Å². The maximum absolute atomic E-state index is 12.8. The van der Waals surface area contributed by atoms with Gasteiger partial charge in [-0.15, -0.1) is 0 Å². The molecule has 0 saturated carbocycles. The van der Waals surface area contributed by atoms with Crippen molar-refractivity contribution in [1.82, 2.24) is 29.9 Å². The molecule has 0 spiro atoms. The molecule has 1 aromatic carbocycles. The van der Waals surface area contributed by atoms with E-state index in [2.05, 4.69) is 30.5 Å². The van der Waals surface area contributed by atoms with Crippen LogP contribution in [0.1, 0.15) is 27.9 Å². The first-order valence-corrected chi connectivity index (χ1v) is 10.2. The maximum atomic E-state index is 12.8. The van der Waals surface area contributed by atoms with Gasteiger partial charge in [0.25, 0.3) is 23.5 Å². The van der Waals surface area contributed by atoms with E-state index in [0.717, 1.165) is 0 Å². The fraction of sp³-hybridized carbons (Fsp3) is 0.190. The highest BCUT2D eigenvalue weighted by Gasteiger charge is 2.16. The normalized spacial score (nSPS) is 11.6. The summed E-state index contributed by atoms with van der Waals surface area (Å²) >= 11 is 0. The summed E-state index contributed by atoms with van der Waals surface area (Å²) in [5.74, 6) is -0.623. The summed E-state index contributed by atoms with van der Waals surface area (Å²) in [5.41, 5.74) is 5.53. The zero-order valence-electron chi connectivity index (χ0n) is 18.6. The summed E-state index contributed by atoms with van der Waals surface area (Å²) in [7, 11) is 1.73. The third-order valence-corrected chi connectivity index (χ3v) is 4.41. The van der Waals surface area contributed by atoms with Crippen LogP contribution in [0.2, 0.25) is 0 Å². The van der Waals surface area contributed by atoms with E-state index in [1.165, 1.54) is 30.6 Å². The van der Waals surface area contributed by atoms with E-state index in [4.69, 9.17) is 19.7 Å². The lowest BCUT2D eigenvalue weighted by Gasteiger charge is -2.15. The van der Waals surface area contributed by atoms with Crippen molar-refractivity contribution in [3.8, 4) is 29.0 Å². The Balaban J connectivity index is 1.56. The van der Waals surface area contributed by atoms with Crippen LogP contribution in [0.25, 0.3) is 11.6 Å². The molecule has 3 heterocycles. The lowest BCUT2D eigenvalue weighted by molar-refractivity contribution is 0.0985. The SMILES string of the molecule is C[C@@H](CO)Oc1cc(Oc2cnc(-c3nc(C(N)=O)no3)cn2)cc(C(=O)Nc2ccn(C)n2)c1. The summed E-state index contributed by atoms with van der Waals surface area (Å²) in [6, 6.07) is 6.19. The third kappa shape index (κ3) is 5.75. The van der Waals surface area contributed by atoms with Gasteiger partial charge in [0.2, 0.25) is 5.88 Å². The first-order chi connectivity index (χ1) is 16.8. The molecule has 4 N–H and O–H groups in total. The zero-order valence-corrected chi connectivity index (χ0v) is 18.6. The van der Waals surface area contributed by atoms with Gasteiger partial charge < -0.3 is 30.2 Å². The molecule has 2 amide bonds. The van der Waals surface area contributed by atoms with Crippen molar-refractivity contribution in [1.29, 1.82) is 0 Å². The van der Waals surface area contributed by atoms with Crippen molar-refractivity contribution in [3.05, 3.63) is 54.2 Å². The number of nitrogens with zero attached hydrogens (tertiary/aromatic N) is 6. The minimum Gasteiger partial charge on any atom is -0.488 e. The molecule has 3 aromatic heterocycles. The van der Waals surface area contributed by atoms with Crippen molar-refractivity contribution in [2.24, 2.45) is 12.8 Å². The monoisotopic (exact) mass is 480 g/mol. The number of nitrogens with one attached hydrogen (secondary N) is 1. The molecular formula is C21H20N8O6. The number of ether oxygens (including phenoxy) is 2. The molecule has 0 aliphatic rings. The highest BCUT2D eigenvalue weighted by Crippen LogP contribution is 2.28. The topological polar surface area (TPSA) is 193 Å². The van der Waals surface area contributed by atoms with E-state index in [9.17, 15) is 14.7 Å². The molecule has 35 heavy (non-hydrogen) atoms. The molecule has 4 rings (SSSR count). The molecule has 4 aromatic rings. The number of carbonyl (C=O) groups is 2. The average molecular weight is 480 g/mol. The number of hydrogen-bond acceptors (Lipinski definition) is 11. The Hall–Kier alpha value is -4.85. The smallest absolute Gasteiger partial charge is 0.290 e. The van der Waals surface area contributed by atoms with Crippen molar-refractivity contribution >= 4 is 17.6 Å². The number of amides is 2. The van der Waals surface area contributed by atoms with Crippen molar-refractivity contribution in [2.75, 3.05) is 11.9 Å². The van der Waals surface area contributed by atoms with Crippen molar-refractivity contribution in [3.63, 3.8) is 0 Å². The Morgan fingerprint density at radius 2 is 2.03 bits per heavy atom. The fourth-order valence-corrected chi connectivity index (χ4v) is 2.80. The molecule has 0 aliphatic carbocycles. The van der Waals surface area contributed by atoms with Crippen LogP contribution < -0.4 is 20.5 Å². The first kappa shape index (κ1) is 23.3.